The average molecular weight is 769 g/mol. The van der Waals surface area contributed by atoms with Gasteiger partial charge in [0.05, 0.1) is 11.4 Å². The lowest BCUT2D eigenvalue weighted by atomic mass is 9.80. The van der Waals surface area contributed by atoms with Crippen molar-refractivity contribution < 1.29 is 0 Å². The summed E-state index contributed by atoms with van der Waals surface area (Å²) in [6.07, 6.45) is 1.82. The van der Waals surface area contributed by atoms with E-state index in [1.54, 1.807) is 0 Å². The Bertz CT molecular complexity index is 3130. The molecule has 0 radical (unpaired) electrons. The standard InChI is InChI=1S/C58H44N2/c1-57(2)47-23-11-9-21-39(47)41-31-43-45(33-49(41)57)56(60-53-27-15-7-19-37(53)30-38-20-8-16-28-54(38)60)46-34-50-42(40-22-10-12-24-48(40)58(50,3)4)32-44(46)55(43)59-51-25-13-5-17-35(51)29-36-18-6-14-26-52(36)59/h5-28,31-34H,29-30H2,1-4H3. The highest BCUT2D eigenvalue weighted by atomic mass is 15.2. The number of nitrogens with zero attached hydrogens (tertiary/aromatic N) is 2. The van der Waals surface area contributed by atoms with E-state index in [0.29, 0.717) is 0 Å². The molecule has 0 bridgehead atoms. The number of benzene rings is 9. The van der Waals surface area contributed by atoms with Gasteiger partial charge in [0, 0.05) is 68.0 Å². The van der Waals surface area contributed by atoms with E-state index in [9.17, 15) is 0 Å². The molecular weight excluding hydrogens is 725 g/mol. The molecule has 4 aliphatic rings. The zero-order valence-electron chi connectivity index (χ0n) is 34.5. The van der Waals surface area contributed by atoms with Crippen molar-refractivity contribution in [2.75, 3.05) is 9.80 Å². The van der Waals surface area contributed by atoms with Crippen molar-refractivity contribution in [1.82, 2.24) is 0 Å². The van der Waals surface area contributed by atoms with Crippen LogP contribution in [0.1, 0.15) is 72.2 Å². The molecule has 286 valence electrons. The summed E-state index contributed by atoms with van der Waals surface area (Å²) in [7, 11) is 0. The summed E-state index contributed by atoms with van der Waals surface area (Å²) >= 11 is 0. The van der Waals surface area contributed by atoms with Gasteiger partial charge in [0.1, 0.15) is 0 Å². The predicted molar refractivity (Wildman–Crippen MR) is 252 cm³/mol. The minimum Gasteiger partial charge on any atom is -0.309 e. The van der Waals surface area contributed by atoms with Gasteiger partial charge in [-0.3, -0.25) is 0 Å². The Morgan fingerprint density at radius 3 is 0.983 bits per heavy atom. The number of anilines is 6. The van der Waals surface area contributed by atoms with Gasteiger partial charge in [-0.05, 0) is 115 Å². The van der Waals surface area contributed by atoms with Crippen LogP contribution in [-0.4, -0.2) is 0 Å². The molecule has 0 spiro atoms. The van der Waals surface area contributed by atoms with Gasteiger partial charge in [-0.15, -0.1) is 0 Å². The van der Waals surface area contributed by atoms with Crippen molar-refractivity contribution in [3.8, 4) is 22.3 Å². The molecule has 0 saturated carbocycles. The SMILES string of the molecule is CC1(C)c2ccccc2-c2cc3c(N4c5ccccc5Cc5ccccc54)c4cc5c(cc4c(N4c6ccccc6Cc6ccccc64)c3cc21)C(C)(C)c1ccccc1-5. The quantitative estimate of drug-likeness (QED) is 0.162. The summed E-state index contributed by atoms with van der Waals surface area (Å²) in [5, 5.41) is 5.08. The highest BCUT2D eigenvalue weighted by Crippen LogP contribution is 2.60. The molecule has 9 aromatic rings. The fourth-order valence-electron chi connectivity index (χ4n) is 11.7. The second-order valence-electron chi connectivity index (χ2n) is 18.5. The molecule has 0 fully saturated rings. The van der Waals surface area contributed by atoms with Gasteiger partial charge in [0.2, 0.25) is 0 Å². The molecule has 0 aromatic heterocycles. The van der Waals surface area contributed by atoms with Crippen molar-refractivity contribution >= 4 is 55.7 Å². The van der Waals surface area contributed by atoms with Gasteiger partial charge in [0.15, 0.2) is 0 Å². The van der Waals surface area contributed by atoms with Gasteiger partial charge < -0.3 is 9.80 Å². The molecule has 9 aromatic carbocycles. The van der Waals surface area contributed by atoms with Crippen LogP contribution in [0.25, 0.3) is 43.8 Å². The maximum atomic E-state index is 2.63. The zero-order valence-corrected chi connectivity index (χ0v) is 34.5. The van der Waals surface area contributed by atoms with E-state index < -0.39 is 0 Å². The van der Waals surface area contributed by atoms with Crippen LogP contribution in [-0.2, 0) is 23.7 Å². The predicted octanol–water partition coefficient (Wildman–Crippen LogP) is 15.4. The Morgan fingerprint density at radius 2 is 0.617 bits per heavy atom. The first-order chi connectivity index (χ1) is 29.3. The second kappa shape index (κ2) is 11.9. The third-order valence-electron chi connectivity index (χ3n) is 14.6. The van der Waals surface area contributed by atoms with E-state index in [0.717, 1.165) is 12.8 Å². The van der Waals surface area contributed by atoms with Crippen molar-refractivity contribution in [3.05, 3.63) is 214 Å². The summed E-state index contributed by atoms with van der Waals surface area (Å²) in [5.41, 5.74) is 23.5. The van der Waals surface area contributed by atoms with Crippen molar-refractivity contribution in [2.24, 2.45) is 0 Å². The molecule has 0 amide bonds. The fraction of sp³-hybridized carbons (Fsp3) is 0.138. The first-order valence-corrected chi connectivity index (χ1v) is 21.5. The maximum Gasteiger partial charge on any atom is 0.0620 e. The Labute approximate surface area is 352 Å². The molecule has 0 N–H and O–H groups in total. The summed E-state index contributed by atoms with van der Waals surface area (Å²) in [6, 6.07) is 64.9. The zero-order chi connectivity index (χ0) is 40.1. The minimum atomic E-state index is -0.171. The van der Waals surface area contributed by atoms with E-state index in [1.807, 2.05) is 0 Å². The normalized spacial score (nSPS) is 15.7. The molecule has 0 saturated heterocycles. The number of hydrogen-bond donors (Lipinski definition) is 0. The highest BCUT2D eigenvalue weighted by Gasteiger charge is 2.41. The van der Waals surface area contributed by atoms with Gasteiger partial charge in [-0.25, -0.2) is 0 Å². The molecule has 2 aliphatic heterocycles. The Hall–Kier alpha value is -6.90. The number of fused-ring (bicyclic) bond motifs is 12. The van der Waals surface area contributed by atoms with Crippen molar-refractivity contribution in [1.29, 1.82) is 0 Å². The number of rotatable bonds is 2. The van der Waals surface area contributed by atoms with Crippen LogP contribution in [0.2, 0.25) is 0 Å². The smallest absolute Gasteiger partial charge is 0.0620 e. The van der Waals surface area contributed by atoms with Crippen LogP contribution in [0.5, 0.6) is 0 Å². The summed E-state index contributed by atoms with van der Waals surface area (Å²) in [4.78, 5) is 5.25. The largest absolute Gasteiger partial charge is 0.309 e. The monoisotopic (exact) mass is 768 g/mol. The van der Waals surface area contributed by atoms with E-state index in [1.165, 1.54) is 122 Å². The Kier molecular flexibility index (Phi) is 6.72. The third-order valence-corrected chi connectivity index (χ3v) is 14.6. The van der Waals surface area contributed by atoms with Crippen LogP contribution in [0, 0.1) is 0 Å². The number of para-hydroxylation sites is 4. The molecular formula is C58H44N2. The lowest BCUT2D eigenvalue weighted by Gasteiger charge is -2.39. The molecule has 2 aliphatic carbocycles. The van der Waals surface area contributed by atoms with E-state index >= 15 is 0 Å². The van der Waals surface area contributed by atoms with E-state index in [4.69, 9.17) is 0 Å². The van der Waals surface area contributed by atoms with E-state index in [2.05, 4.69) is 207 Å². The molecule has 2 heteroatoms. The first kappa shape index (κ1) is 34.0. The molecule has 0 unspecified atom stereocenters. The molecule has 0 atom stereocenters. The molecule has 60 heavy (non-hydrogen) atoms. The maximum absolute atomic E-state index is 2.63. The van der Waals surface area contributed by atoms with Gasteiger partial charge in [-0.2, -0.15) is 0 Å². The van der Waals surface area contributed by atoms with Crippen LogP contribution < -0.4 is 9.80 Å². The number of hydrogen-bond acceptors (Lipinski definition) is 2. The summed E-state index contributed by atoms with van der Waals surface area (Å²) in [5.74, 6) is 0. The third kappa shape index (κ3) is 4.38. The summed E-state index contributed by atoms with van der Waals surface area (Å²) < 4.78 is 0. The lowest BCUT2D eigenvalue weighted by Crippen LogP contribution is -2.22. The van der Waals surface area contributed by atoms with E-state index in [-0.39, 0.29) is 10.8 Å². The fourth-order valence-corrected chi connectivity index (χ4v) is 11.7. The topological polar surface area (TPSA) is 6.48 Å². The van der Waals surface area contributed by atoms with Gasteiger partial charge >= 0.3 is 0 Å². The van der Waals surface area contributed by atoms with Gasteiger partial charge in [0.25, 0.3) is 0 Å². The van der Waals surface area contributed by atoms with Crippen LogP contribution in [0.15, 0.2) is 170 Å². The average Bonchev–Trinajstić information content (AvgIpc) is 3.64. The first-order valence-electron chi connectivity index (χ1n) is 21.5. The Balaban J connectivity index is 1.28. The van der Waals surface area contributed by atoms with Crippen LogP contribution >= 0.6 is 0 Å². The second-order valence-corrected chi connectivity index (χ2v) is 18.5. The van der Waals surface area contributed by atoms with Gasteiger partial charge in [-0.1, -0.05) is 149 Å². The van der Waals surface area contributed by atoms with Crippen LogP contribution in [0.4, 0.5) is 34.1 Å². The lowest BCUT2D eigenvalue weighted by molar-refractivity contribution is 0.661. The highest BCUT2D eigenvalue weighted by molar-refractivity contribution is 6.26. The van der Waals surface area contributed by atoms with Crippen LogP contribution in [0.3, 0.4) is 0 Å². The minimum absolute atomic E-state index is 0.171. The van der Waals surface area contributed by atoms with Crippen molar-refractivity contribution in [2.45, 2.75) is 51.4 Å². The Morgan fingerprint density at radius 1 is 0.317 bits per heavy atom. The molecule has 2 heterocycles. The van der Waals surface area contributed by atoms with Crippen molar-refractivity contribution in [3.63, 3.8) is 0 Å². The molecule has 2 nitrogen and oxygen atoms in total. The summed E-state index contributed by atoms with van der Waals surface area (Å²) in [6.45, 7) is 9.67. The molecule has 13 rings (SSSR count).